The fraction of sp³-hybridized carbons (Fsp3) is 0.600. The molecule has 0 spiro atoms. The van der Waals surface area contributed by atoms with Crippen molar-refractivity contribution in [2.45, 2.75) is 19.0 Å². The number of methoxy groups -OCH3 is 1. The molecule has 1 aliphatic heterocycles. The van der Waals surface area contributed by atoms with Crippen LogP contribution < -0.4 is 10.5 Å². The summed E-state index contributed by atoms with van der Waals surface area (Å²) in [5, 5.41) is 0. The van der Waals surface area contributed by atoms with E-state index in [0.717, 1.165) is 29.9 Å². The van der Waals surface area contributed by atoms with Gasteiger partial charge in [0.15, 0.2) is 0 Å². The fourth-order valence-corrected chi connectivity index (χ4v) is 3.25. The molecule has 0 aliphatic carbocycles. The normalized spacial score (nSPS) is 22.8. The Morgan fingerprint density at radius 2 is 2.20 bits per heavy atom. The highest BCUT2D eigenvalue weighted by molar-refractivity contribution is 9.10. The SMILES string of the molecule is COc1ccc(Br)c(C(CN)N2CCN(C)C(C)C2)c1. The van der Waals surface area contributed by atoms with Crippen LogP contribution in [0.2, 0.25) is 0 Å². The molecule has 2 rings (SSSR count). The Morgan fingerprint density at radius 1 is 1.45 bits per heavy atom. The third kappa shape index (κ3) is 3.34. The Labute approximate surface area is 130 Å². The van der Waals surface area contributed by atoms with E-state index in [0.29, 0.717) is 12.6 Å². The van der Waals surface area contributed by atoms with Crippen LogP contribution in [-0.4, -0.2) is 56.2 Å². The molecule has 112 valence electrons. The van der Waals surface area contributed by atoms with Crippen LogP contribution in [0.25, 0.3) is 0 Å². The standard InChI is InChI=1S/C15H24BrN3O/c1-11-10-19(7-6-18(11)2)15(9-17)13-8-12(20-3)4-5-14(13)16/h4-5,8,11,15H,6-7,9-10,17H2,1-3H3. The highest BCUT2D eigenvalue weighted by Gasteiger charge is 2.28. The van der Waals surface area contributed by atoms with Crippen molar-refractivity contribution >= 4 is 15.9 Å². The van der Waals surface area contributed by atoms with Crippen molar-refractivity contribution in [1.29, 1.82) is 0 Å². The zero-order valence-electron chi connectivity index (χ0n) is 12.5. The summed E-state index contributed by atoms with van der Waals surface area (Å²) in [6.45, 7) is 6.05. The lowest BCUT2D eigenvalue weighted by Gasteiger charge is -2.41. The Morgan fingerprint density at radius 3 is 2.80 bits per heavy atom. The van der Waals surface area contributed by atoms with Gasteiger partial charge in [0.25, 0.3) is 0 Å². The molecule has 2 atom stereocenters. The number of hydrogen-bond acceptors (Lipinski definition) is 4. The molecule has 0 bridgehead atoms. The summed E-state index contributed by atoms with van der Waals surface area (Å²) in [5.74, 6) is 0.879. The van der Waals surface area contributed by atoms with Crippen LogP contribution in [0.3, 0.4) is 0 Å². The summed E-state index contributed by atoms with van der Waals surface area (Å²) < 4.78 is 6.44. The third-order valence-corrected chi connectivity index (χ3v) is 4.94. The molecule has 5 heteroatoms. The number of nitrogens with zero attached hydrogens (tertiary/aromatic N) is 2. The van der Waals surface area contributed by atoms with Gasteiger partial charge in [-0.25, -0.2) is 0 Å². The smallest absolute Gasteiger partial charge is 0.119 e. The van der Waals surface area contributed by atoms with Gasteiger partial charge in [0.2, 0.25) is 0 Å². The Bertz CT molecular complexity index is 455. The molecule has 4 nitrogen and oxygen atoms in total. The second-order valence-electron chi connectivity index (χ2n) is 5.46. The van der Waals surface area contributed by atoms with E-state index in [1.807, 2.05) is 12.1 Å². The summed E-state index contributed by atoms with van der Waals surface area (Å²) in [5.41, 5.74) is 7.27. The van der Waals surface area contributed by atoms with E-state index in [2.05, 4.69) is 45.8 Å². The first kappa shape index (κ1) is 15.8. The van der Waals surface area contributed by atoms with E-state index in [-0.39, 0.29) is 6.04 Å². The summed E-state index contributed by atoms with van der Waals surface area (Å²) >= 11 is 3.65. The van der Waals surface area contributed by atoms with Gasteiger partial charge in [0.1, 0.15) is 5.75 Å². The summed E-state index contributed by atoms with van der Waals surface area (Å²) in [4.78, 5) is 4.87. The van der Waals surface area contributed by atoms with E-state index in [4.69, 9.17) is 10.5 Å². The number of benzene rings is 1. The molecule has 1 aromatic carbocycles. The molecule has 2 unspecified atom stereocenters. The first-order valence-corrected chi connectivity index (χ1v) is 7.84. The van der Waals surface area contributed by atoms with E-state index in [9.17, 15) is 0 Å². The van der Waals surface area contributed by atoms with Crippen LogP contribution >= 0.6 is 15.9 Å². The summed E-state index contributed by atoms with van der Waals surface area (Å²) in [6, 6.07) is 6.88. The predicted octanol–water partition coefficient (Wildman–Crippen LogP) is 2.09. The molecule has 0 radical (unpaired) electrons. The van der Waals surface area contributed by atoms with Crippen molar-refractivity contribution in [3.63, 3.8) is 0 Å². The fourth-order valence-electron chi connectivity index (χ4n) is 2.74. The number of rotatable bonds is 4. The van der Waals surface area contributed by atoms with Gasteiger partial charge in [-0.15, -0.1) is 0 Å². The van der Waals surface area contributed by atoms with Gasteiger partial charge in [0, 0.05) is 42.7 Å². The van der Waals surface area contributed by atoms with E-state index >= 15 is 0 Å². The van der Waals surface area contributed by atoms with Gasteiger partial charge >= 0.3 is 0 Å². The van der Waals surface area contributed by atoms with Gasteiger partial charge in [0.05, 0.1) is 7.11 Å². The average Bonchev–Trinajstić information content (AvgIpc) is 2.45. The predicted molar refractivity (Wildman–Crippen MR) is 86.2 cm³/mol. The molecule has 1 aliphatic rings. The molecular weight excluding hydrogens is 318 g/mol. The van der Waals surface area contributed by atoms with Gasteiger partial charge < -0.3 is 15.4 Å². The molecular formula is C15H24BrN3O. The number of hydrogen-bond donors (Lipinski definition) is 1. The number of halogens is 1. The van der Waals surface area contributed by atoms with Crippen LogP contribution in [0.15, 0.2) is 22.7 Å². The number of likely N-dealkylation sites (N-methyl/N-ethyl adjacent to an activating group) is 1. The largest absolute Gasteiger partial charge is 0.497 e. The lowest BCUT2D eigenvalue weighted by molar-refractivity contribution is 0.0738. The second-order valence-corrected chi connectivity index (χ2v) is 6.32. The molecule has 2 N–H and O–H groups in total. The van der Waals surface area contributed by atoms with Crippen molar-refractivity contribution < 1.29 is 4.74 Å². The minimum absolute atomic E-state index is 0.232. The minimum atomic E-state index is 0.232. The van der Waals surface area contributed by atoms with Crippen LogP contribution in [-0.2, 0) is 0 Å². The molecule has 1 saturated heterocycles. The lowest BCUT2D eigenvalue weighted by Crippen LogP contribution is -2.52. The number of ether oxygens (including phenoxy) is 1. The minimum Gasteiger partial charge on any atom is -0.497 e. The van der Waals surface area contributed by atoms with Crippen molar-refractivity contribution in [2.24, 2.45) is 5.73 Å². The molecule has 1 heterocycles. The highest BCUT2D eigenvalue weighted by atomic mass is 79.9. The van der Waals surface area contributed by atoms with E-state index < -0.39 is 0 Å². The Hall–Kier alpha value is -0.620. The van der Waals surface area contributed by atoms with Crippen LogP contribution in [0.4, 0.5) is 0 Å². The second kappa shape index (κ2) is 6.89. The Balaban J connectivity index is 2.23. The summed E-state index contributed by atoms with van der Waals surface area (Å²) in [6.07, 6.45) is 0. The van der Waals surface area contributed by atoms with Crippen molar-refractivity contribution in [1.82, 2.24) is 9.80 Å². The first-order chi connectivity index (χ1) is 9.56. The average molecular weight is 342 g/mol. The maximum absolute atomic E-state index is 6.06. The van der Waals surface area contributed by atoms with E-state index in [1.54, 1.807) is 7.11 Å². The van der Waals surface area contributed by atoms with Gasteiger partial charge in [-0.2, -0.15) is 0 Å². The third-order valence-electron chi connectivity index (χ3n) is 4.22. The van der Waals surface area contributed by atoms with Crippen molar-refractivity contribution in [3.8, 4) is 5.75 Å². The van der Waals surface area contributed by atoms with Crippen LogP contribution in [0.5, 0.6) is 5.75 Å². The van der Waals surface area contributed by atoms with Gasteiger partial charge in [-0.1, -0.05) is 15.9 Å². The quantitative estimate of drug-likeness (QED) is 0.910. The lowest BCUT2D eigenvalue weighted by atomic mass is 10.0. The van der Waals surface area contributed by atoms with E-state index in [1.165, 1.54) is 5.56 Å². The molecule has 0 saturated carbocycles. The first-order valence-electron chi connectivity index (χ1n) is 7.04. The number of nitrogens with two attached hydrogens (primary N) is 1. The monoisotopic (exact) mass is 341 g/mol. The van der Waals surface area contributed by atoms with Crippen LogP contribution in [0.1, 0.15) is 18.5 Å². The van der Waals surface area contributed by atoms with Crippen LogP contribution in [0, 0.1) is 0 Å². The van der Waals surface area contributed by atoms with Crippen molar-refractivity contribution in [3.05, 3.63) is 28.2 Å². The molecule has 1 aromatic rings. The maximum atomic E-state index is 6.06. The Kier molecular flexibility index (Phi) is 5.43. The molecule has 20 heavy (non-hydrogen) atoms. The zero-order valence-corrected chi connectivity index (χ0v) is 14.1. The molecule has 0 amide bonds. The maximum Gasteiger partial charge on any atom is 0.119 e. The molecule has 1 fully saturated rings. The van der Waals surface area contributed by atoms with Gasteiger partial charge in [-0.05, 0) is 37.7 Å². The van der Waals surface area contributed by atoms with Gasteiger partial charge in [-0.3, -0.25) is 4.90 Å². The topological polar surface area (TPSA) is 41.7 Å². The number of piperazine rings is 1. The summed E-state index contributed by atoms with van der Waals surface area (Å²) in [7, 11) is 3.88. The van der Waals surface area contributed by atoms with Crippen molar-refractivity contribution in [2.75, 3.05) is 40.3 Å². The highest BCUT2D eigenvalue weighted by Crippen LogP contribution is 2.31. The molecule has 0 aromatic heterocycles. The zero-order chi connectivity index (χ0) is 14.7.